The first-order valence-corrected chi connectivity index (χ1v) is 11.5. The van der Waals surface area contributed by atoms with Crippen LogP contribution in [0.2, 0.25) is 0 Å². The average molecular weight is 525 g/mol. The first-order chi connectivity index (χ1) is 17.3. The van der Waals surface area contributed by atoms with Gasteiger partial charge in [-0.15, -0.1) is 0 Å². The van der Waals surface area contributed by atoms with Crippen molar-refractivity contribution < 1.29 is 29.1 Å². The van der Waals surface area contributed by atoms with Gasteiger partial charge in [-0.05, 0) is 18.8 Å². The molecule has 0 aromatic carbocycles. The predicted octanol–water partition coefficient (Wildman–Crippen LogP) is -3.60. The van der Waals surface area contributed by atoms with Crippen LogP contribution in [-0.4, -0.2) is 81.3 Å². The number of aromatic amines is 1. The molecular weight excluding hydrogens is 488 g/mol. The Morgan fingerprint density at radius 1 is 1.00 bits per heavy atom. The highest BCUT2D eigenvalue weighted by Gasteiger charge is 2.31. The summed E-state index contributed by atoms with van der Waals surface area (Å²) in [6.45, 7) is 3.67. The second-order valence-corrected chi connectivity index (χ2v) is 8.69. The van der Waals surface area contributed by atoms with Gasteiger partial charge in [-0.1, -0.05) is 13.8 Å². The summed E-state index contributed by atoms with van der Waals surface area (Å²) in [5.74, 6) is -4.94. The van der Waals surface area contributed by atoms with Crippen LogP contribution in [0.5, 0.6) is 0 Å². The molecule has 1 aromatic rings. The molecule has 0 saturated heterocycles. The van der Waals surface area contributed by atoms with Gasteiger partial charge >= 0.3 is 5.97 Å². The van der Waals surface area contributed by atoms with Crippen molar-refractivity contribution in [3.05, 3.63) is 18.2 Å². The van der Waals surface area contributed by atoms with Crippen molar-refractivity contribution in [3.8, 4) is 0 Å². The number of rotatable bonds is 16. The number of primary amides is 1. The fourth-order valence-electron chi connectivity index (χ4n) is 3.11. The third-order valence-electron chi connectivity index (χ3n) is 5.23. The zero-order valence-electron chi connectivity index (χ0n) is 20.8. The summed E-state index contributed by atoms with van der Waals surface area (Å²) in [6, 6.07) is -4.89. The average Bonchev–Trinajstić information content (AvgIpc) is 3.31. The number of H-pyrrole nitrogens is 1. The molecule has 16 heteroatoms. The molecule has 0 radical (unpaired) electrons. The van der Waals surface area contributed by atoms with Crippen molar-refractivity contribution in [2.45, 2.75) is 63.7 Å². The Labute approximate surface area is 213 Å². The third-order valence-corrected chi connectivity index (χ3v) is 5.23. The summed E-state index contributed by atoms with van der Waals surface area (Å²) in [6.07, 6.45) is 2.45. The maximum atomic E-state index is 13.2. The Kier molecular flexibility index (Phi) is 12.5. The van der Waals surface area contributed by atoms with E-state index in [1.54, 1.807) is 13.8 Å². The van der Waals surface area contributed by atoms with Gasteiger partial charge in [0, 0.05) is 24.9 Å². The van der Waals surface area contributed by atoms with Crippen LogP contribution in [0.25, 0.3) is 0 Å². The quantitative estimate of drug-likeness (QED) is 0.0581. The second kappa shape index (κ2) is 15.0. The van der Waals surface area contributed by atoms with E-state index in [4.69, 9.17) is 22.9 Å². The summed E-state index contributed by atoms with van der Waals surface area (Å²) < 4.78 is 0. The minimum atomic E-state index is -1.61. The number of hydrogen-bond acceptors (Lipinski definition) is 8. The van der Waals surface area contributed by atoms with Crippen molar-refractivity contribution in [1.29, 1.82) is 0 Å². The van der Waals surface area contributed by atoms with E-state index in [9.17, 15) is 29.1 Å². The highest BCUT2D eigenvalue weighted by molar-refractivity contribution is 5.95. The fourth-order valence-corrected chi connectivity index (χ4v) is 3.11. The van der Waals surface area contributed by atoms with Gasteiger partial charge in [0.05, 0.1) is 18.8 Å². The van der Waals surface area contributed by atoms with Crippen molar-refractivity contribution in [3.63, 3.8) is 0 Å². The molecule has 1 aromatic heterocycles. The Bertz CT molecular complexity index is 961. The van der Waals surface area contributed by atoms with Gasteiger partial charge in [0.15, 0.2) is 5.96 Å². The molecule has 0 saturated carbocycles. The van der Waals surface area contributed by atoms with Gasteiger partial charge in [-0.25, -0.2) is 9.78 Å². The molecule has 4 amide bonds. The van der Waals surface area contributed by atoms with E-state index in [1.165, 1.54) is 12.5 Å². The number of nitrogens with zero attached hydrogens (tertiary/aromatic N) is 2. The Balaban J connectivity index is 3.11. The predicted molar refractivity (Wildman–Crippen MR) is 132 cm³/mol. The topological polar surface area (TPSA) is 287 Å². The lowest BCUT2D eigenvalue weighted by molar-refractivity contribution is -0.143. The smallest absolute Gasteiger partial charge is 0.326 e. The van der Waals surface area contributed by atoms with Gasteiger partial charge in [0.25, 0.3) is 0 Å². The van der Waals surface area contributed by atoms with E-state index in [0.29, 0.717) is 12.1 Å². The number of aromatic nitrogens is 2. The minimum Gasteiger partial charge on any atom is -0.480 e. The van der Waals surface area contributed by atoms with E-state index in [0.717, 1.165) is 0 Å². The van der Waals surface area contributed by atoms with Gasteiger partial charge in [-0.2, -0.15) is 0 Å². The number of amides is 4. The first kappa shape index (κ1) is 30.8. The number of aliphatic imine (C=N–C) groups is 1. The molecule has 16 nitrogen and oxygen atoms in total. The number of carbonyl (C=O) groups excluding carboxylic acids is 4. The summed E-state index contributed by atoms with van der Waals surface area (Å²) in [7, 11) is 0. The van der Waals surface area contributed by atoms with Gasteiger partial charge in [0.1, 0.15) is 18.1 Å². The number of nitrogens with two attached hydrogens (primary N) is 4. The molecule has 4 atom stereocenters. The summed E-state index contributed by atoms with van der Waals surface area (Å²) in [5, 5.41) is 16.6. The molecule has 13 N–H and O–H groups in total. The normalized spacial score (nSPS) is 14.1. The molecule has 206 valence electrons. The molecular formula is C21H36N10O6. The van der Waals surface area contributed by atoms with Crippen molar-refractivity contribution >= 4 is 35.6 Å². The minimum absolute atomic E-state index is 0.0966. The fraction of sp³-hybridized carbons (Fsp3) is 0.571. The monoisotopic (exact) mass is 524 g/mol. The van der Waals surface area contributed by atoms with Gasteiger partial charge in [-0.3, -0.25) is 24.2 Å². The third kappa shape index (κ3) is 11.4. The maximum absolute atomic E-state index is 13.2. The number of carbonyl (C=O) groups is 5. The Morgan fingerprint density at radius 3 is 2.11 bits per heavy atom. The lowest BCUT2D eigenvalue weighted by Crippen LogP contribution is -2.58. The van der Waals surface area contributed by atoms with Gasteiger partial charge in [0.2, 0.25) is 23.6 Å². The number of nitrogens with one attached hydrogen (secondary N) is 4. The second-order valence-electron chi connectivity index (χ2n) is 8.69. The Morgan fingerprint density at radius 2 is 1.59 bits per heavy atom. The molecule has 0 bridgehead atoms. The lowest BCUT2D eigenvalue weighted by atomic mass is 10.0. The number of guanidine groups is 1. The van der Waals surface area contributed by atoms with Crippen LogP contribution in [0.3, 0.4) is 0 Å². The number of aliphatic carboxylic acids is 1. The molecule has 0 spiro atoms. The van der Waals surface area contributed by atoms with E-state index >= 15 is 0 Å². The van der Waals surface area contributed by atoms with Crippen LogP contribution in [-0.2, 0) is 30.4 Å². The van der Waals surface area contributed by atoms with E-state index in [-0.39, 0.29) is 31.3 Å². The highest BCUT2D eigenvalue weighted by atomic mass is 16.4. The molecule has 0 aliphatic carbocycles. The molecule has 4 unspecified atom stereocenters. The number of hydrogen-bond donors (Lipinski definition) is 9. The lowest BCUT2D eigenvalue weighted by Gasteiger charge is -2.25. The molecule has 0 fully saturated rings. The van der Waals surface area contributed by atoms with Crippen LogP contribution < -0.4 is 38.9 Å². The largest absolute Gasteiger partial charge is 0.480 e. The summed E-state index contributed by atoms with van der Waals surface area (Å²) in [5.41, 5.74) is 22.1. The molecule has 0 aliphatic rings. The van der Waals surface area contributed by atoms with E-state index < -0.39 is 60.2 Å². The molecule has 1 heterocycles. The standard InChI is InChI=1S/C21H36N10O6/c1-10(2)16(23)19(35)29-12(4-3-5-27-21(24)25)17(33)30-13(6-11-8-26-9-28-11)18(34)31-14(20(36)37)7-15(22)32/h8-10,12-14,16H,3-7,23H2,1-2H3,(H2,22,32)(H,26,28)(H,29,35)(H,30,33)(H,31,34)(H,36,37)(H4,24,25,27). The van der Waals surface area contributed by atoms with Crippen LogP contribution >= 0.6 is 0 Å². The summed E-state index contributed by atoms with van der Waals surface area (Å²) >= 11 is 0. The number of imidazole rings is 1. The van der Waals surface area contributed by atoms with Crippen molar-refractivity contribution in [2.75, 3.05) is 6.54 Å². The maximum Gasteiger partial charge on any atom is 0.326 e. The van der Waals surface area contributed by atoms with Crippen LogP contribution in [0.4, 0.5) is 0 Å². The van der Waals surface area contributed by atoms with Gasteiger partial charge < -0.3 is 49.0 Å². The summed E-state index contributed by atoms with van der Waals surface area (Å²) in [4.78, 5) is 71.9. The highest BCUT2D eigenvalue weighted by Crippen LogP contribution is 2.06. The molecule has 1 rings (SSSR count). The number of carboxylic acid groups (broad SMARTS) is 1. The zero-order valence-corrected chi connectivity index (χ0v) is 20.8. The van der Waals surface area contributed by atoms with Crippen LogP contribution in [0, 0.1) is 5.92 Å². The van der Waals surface area contributed by atoms with Crippen LogP contribution in [0.15, 0.2) is 17.5 Å². The molecule has 37 heavy (non-hydrogen) atoms. The molecule has 0 aliphatic heterocycles. The van der Waals surface area contributed by atoms with Crippen molar-refractivity contribution in [2.24, 2.45) is 33.8 Å². The Hall–Kier alpha value is -4.21. The first-order valence-electron chi connectivity index (χ1n) is 11.5. The number of carboxylic acids is 1. The van der Waals surface area contributed by atoms with Crippen LogP contribution in [0.1, 0.15) is 38.8 Å². The SMILES string of the molecule is CC(C)C(N)C(=O)NC(CCCN=C(N)N)C(=O)NC(Cc1cnc[nH]1)C(=O)NC(CC(N)=O)C(=O)O. The van der Waals surface area contributed by atoms with E-state index in [1.807, 2.05) is 0 Å². The van der Waals surface area contributed by atoms with Crippen molar-refractivity contribution in [1.82, 2.24) is 25.9 Å². The zero-order chi connectivity index (χ0) is 28.1. The van der Waals surface area contributed by atoms with E-state index in [2.05, 4.69) is 30.9 Å².